The summed E-state index contributed by atoms with van der Waals surface area (Å²) in [6.07, 6.45) is 3.26. The van der Waals surface area contributed by atoms with Crippen LogP contribution in [-0.2, 0) is 39.9 Å². The van der Waals surface area contributed by atoms with Crippen molar-refractivity contribution in [3.8, 4) is 5.75 Å². The molecule has 18 atom stereocenters. The van der Waals surface area contributed by atoms with Gasteiger partial charge in [0.15, 0.2) is 0 Å². The number of aliphatic hydroxyl groups excluding tert-OH is 6. The molecule has 3 aliphatic heterocycles. The van der Waals surface area contributed by atoms with Gasteiger partial charge in [0, 0.05) is 49.6 Å². The lowest BCUT2D eigenvalue weighted by Crippen LogP contribution is -2.62. The maximum Gasteiger partial charge on any atom is 0.325 e. The first kappa shape index (κ1) is 66.5. The summed E-state index contributed by atoms with van der Waals surface area (Å²) in [5, 5.41) is 88.0. The number of benzene rings is 1. The quantitative estimate of drug-likeness (QED) is 0.0643. The molecule has 1 aromatic carbocycles. The second-order valence-electron chi connectivity index (χ2n) is 23.5. The van der Waals surface area contributed by atoms with Gasteiger partial charge in [0.2, 0.25) is 17.7 Å². The number of aromatic hydroxyl groups is 1. The third-order valence-electron chi connectivity index (χ3n) is 16.7. The lowest BCUT2D eigenvalue weighted by atomic mass is 9.75. The number of rotatable bonds is 20. The highest BCUT2D eigenvalue weighted by Gasteiger charge is 2.41. The van der Waals surface area contributed by atoms with Gasteiger partial charge in [-0.15, -0.1) is 0 Å². The number of nitrogens with one attached hydrogen (secondary N) is 4. The number of piperidine rings is 1. The molecule has 2 bridgehead atoms. The number of cyclic esters (lactones) is 1. The number of nitrogens with zero attached hydrogens (tertiary/aromatic N) is 1. The molecular weight excluding hydrogens is 1010 g/mol. The average molecular weight is 1110 g/mol. The normalized spacial score (nSPS) is 30.9. The van der Waals surface area contributed by atoms with Crippen LogP contribution in [0.2, 0.25) is 0 Å². The highest BCUT2D eigenvalue weighted by Crippen LogP contribution is 2.33. The van der Waals surface area contributed by atoms with E-state index in [1.165, 1.54) is 42.3 Å². The number of hydrazine groups is 1. The van der Waals surface area contributed by atoms with Crippen LogP contribution in [-0.4, -0.2) is 150 Å². The monoisotopic (exact) mass is 1110 g/mol. The molecule has 0 unspecified atom stereocenters. The lowest BCUT2D eigenvalue weighted by Gasteiger charge is -2.40. The first-order valence-corrected chi connectivity index (χ1v) is 28.8. The SMILES string of the molecule is CC[C@H]1C[C@H](C)[C@@H]([C@@H](C)[C@@H](O)[C@@H](C)CC[C@@H](O)[C@@H](C)CC[C@H](O)[C@@H](O)/C=C(\C)[C@@H]2C/C=C/C=C/[C@@H](O)[C@H](C)[C@@H](O)[C@@H](CCC(C)=O)C(=O)N[C@@H](C(C)C)C(=O)N[C@@H](Cc3cccc(O)c3)C(=O)N3CCC[C@H](N3)C(=O)O2)NC1=O. The Morgan fingerprint density at radius 2 is 1.54 bits per heavy atom. The zero-order chi connectivity index (χ0) is 58.8. The van der Waals surface area contributed by atoms with Crippen molar-refractivity contribution < 1.29 is 69.2 Å². The molecule has 19 heteroatoms. The van der Waals surface area contributed by atoms with Gasteiger partial charge in [0.05, 0.1) is 42.5 Å². The summed E-state index contributed by atoms with van der Waals surface area (Å²) in [5.41, 5.74) is 3.89. The van der Waals surface area contributed by atoms with Crippen LogP contribution < -0.4 is 21.4 Å². The van der Waals surface area contributed by atoms with Crippen molar-refractivity contribution in [2.24, 2.45) is 47.3 Å². The van der Waals surface area contributed by atoms with E-state index < -0.39 is 102 Å². The third kappa shape index (κ3) is 19.9. The minimum atomic E-state index is -1.47. The van der Waals surface area contributed by atoms with Gasteiger partial charge in [-0.25, -0.2) is 5.43 Å². The van der Waals surface area contributed by atoms with E-state index in [4.69, 9.17) is 4.74 Å². The fourth-order valence-corrected chi connectivity index (χ4v) is 11.1. The summed E-state index contributed by atoms with van der Waals surface area (Å²) < 4.78 is 6.10. The van der Waals surface area contributed by atoms with Crippen molar-refractivity contribution in [3.05, 3.63) is 65.8 Å². The minimum Gasteiger partial charge on any atom is -0.508 e. The summed E-state index contributed by atoms with van der Waals surface area (Å²) in [6, 6.07) is 2.51. The largest absolute Gasteiger partial charge is 0.508 e. The van der Waals surface area contributed by atoms with E-state index in [0.29, 0.717) is 36.8 Å². The van der Waals surface area contributed by atoms with Crippen molar-refractivity contribution in [1.29, 1.82) is 0 Å². The molecule has 3 aliphatic rings. The van der Waals surface area contributed by atoms with Gasteiger partial charge in [0.25, 0.3) is 5.91 Å². The molecule has 0 aromatic heterocycles. The Labute approximate surface area is 468 Å². The number of phenolic OH excluding ortho intramolecular Hbond substituents is 1. The second-order valence-corrected chi connectivity index (χ2v) is 23.5. The van der Waals surface area contributed by atoms with Crippen LogP contribution in [0.25, 0.3) is 0 Å². The highest BCUT2D eigenvalue weighted by atomic mass is 16.5. The lowest BCUT2D eigenvalue weighted by molar-refractivity contribution is -0.156. The standard InChI is InChI=1S/C60H95N5O14/c1-11-42-29-37(7)53(63-56(42)74)40(10)54(72)35(5)23-26-47(68)34(4)22-27-49(70)50(71)30-36(6)51-21-14-12-13-20-48(69)39(9)55(73)44(25-24-38(8)66)57(75)62-52(33(2)3)58(76)61-46(32-41-17-15-18-43(67)31-41)59(77)65-28-16-19-45(64-65)60(78)79-51/h12-15,17-18,20,30-31,33-35,37,39-40,42,44-55,64,67-73H,11,16,19,21-29,32H2,1-10H3,(H,61,76)(H,62,75)(H,63,74)/b14-12+,20-13+,36-30+/t34-,35-,37-,39-,40+,42-,44+,45-,46-,47+,48+,49-,50-,51-,52-,53-,54-,55+/m0/s1. The number of amides is 4. The molecule has 19 nitrogen and oxygen atoms in total. The number of carbonyl (C=O) groups excluding carboxylic acids is 6. The predicted molar refractivity (Wildman–Crippen MR) is 299 cm³/mol. The topological polar surface area (TPSA) is 305 Å². The van der Waals surface area contributed by atoms with E-state index in [0.717, 1.165) is 12.8 Å². The molecule has 2 fully saturated rings. The van der Waals surface area contributed by atoms with Crippen LogP contribution in [0.5, 0.6) is 5.75 Å². The Morgan fingerprint density at radius 3 is 2.20 bits per heavy atom. The number of Topliss-reactive ketones (excluding diaryl/α,β-unsaturated/α-hetero) is 1. The van der Waals surface area contributed by atoms with Crippen molar-refractivity contribution in [2.45, 2.75) is 213 Å². The van der Waals surface area contributed by atoms with Crippen molar-refractivity contribution in [1.82, 2.24) is 26.4 Å². The first-order chi connectivity index (χ1) is 37.2. The molecule has 0 aliphatic carbocycles. The molecular formula is C60H95N5O14. The Kier molecular flexibility index (Phi) is 26.8. The Bertz CT molecular complexity index is 2260. The molecule has 4 rings (SSSR count). The number of hydrogen-bond acceptors (Lipinski definition) is 15. The molecule has 11 N–H and O–H groups in total. The smallest absolute Gasteiger partial charge is 0.325 e. The fraction of sp³-hybridized carbons (Fsp3) is 0.700. The zero-order valence-electron chi connectivity index (χ0n) is 48.3. The number of ketones is 1. The van der Waals surface area contributed by atoms with Crippen LogP contribution in [0.15, 0.2) is 60.2 Å². The van der Waals surface area contributed by atoms with Gasteiger partial charge in [-0.1, -0.05) is 97.9 Å². The third-order valence-corrected chi connectivity index (χ3v) is 16.7. The van der Waals surface area contributed by atoms with Gasteiger partial charge in [-0.2, -0.15) is 0 Å². The van der Waals surface area contributed by atoms with Gasteiger partial charge < -0.3 is 61.2 Å². The van der Waals surface area contributed by atoms with Gasteiger partial charge in [-0.05, 0) is 119 Å². The first-order valence-electron chi connectivity index (χ1n) is 28.8. The molecule has 0 spiro atoms. The summed E-state index contributed by atoms with van der Waals surface area (Å²) in [5.74, 6) is -6.12. The van der Waals surface area contributed by atoms with Crippen LogP contribution in [0.3, 0.4) is 0 Å². The van der Waals surface area contributed by atoms with Gasteiger partial charge >= 0.3 is 5.97 Å². The minimum absolute atomic E-state index is 0.0187. The molecule has 0 radical (unpaired) electrons. The number of aliphatic hydroxyl groups is 6. The van der Waals surface area contributed by atoms with Crippen LogP contribution in [0.4, 0.5) is 0 Å². The summed E-state index contributed by atoms with van der Waals surface area (Å²) in [6.45, 7) is 18.0. The van der Waals surface area contributed by atoms with E-state index >= 15 is 0 Å². The van der Waals surface area contributed by atoms with E-state index in [9.17, 15) is 64.5 Å². The molecule has 444 valence electrons. The van der Waals surface area contributed by atoms with Crippen LogP contribution in [0, 0.1) is 47.3 Å². The Balaban J connectivity index is 1.54. The molecule has 3 heterocycles. The second kappa shape index (κ2) is 31.8. The number of ether oxygens (including phenoxy) is 1. The number of carbonyl (C=O) groups is 6. The van der Waals surface area contributed by atoms with Gasteiger partial charge in [-0.3, -0.25) is 29.0 Å². The highest BCUT2D eigenvalue weighted by molar-refractivity contribution is 5.93. The number of phenols is 1. The number of fused-ring (bicyclic) bond motifs is 2. The van der Waals surface area contributed by atoms with E-state index in [-0.39, 0.29) is 98.1 Å². The molecule has 79 heavy (non-hydrogen) atoms. The van der Waals surface area contributed by atoms with Crippen molar-refractivity contribution >= 4 is 35.4 Å². The number of allylic oxidation sites excluding steroid dienone is 2. The van der Waals surface area contributed by atoms with Crippen LogP contribution >= 0.6 is 0 Å². The fourth-order valence-electron chi connectivity index (χ4n) is 11.1. The predicted octanol–water partition coefficient (Wildman–Crippen LogP) is 4.24. The summed E-state index contributed by atoms with van der Waals surface area (Å²) >= 11 is 0. The summed E-state index contributed by atoms with van der Waals surface area (Å²) in [4.78, 5) is 81.7. The maximum atomic E-state index is 14.5. The van der Waals surface area contributed by atoms with Gasteiger partial charge in [0.1, 0.15) is 35.8 Å². The number of esters is 1. The maximum absolute atomic E-state index is 14.5. The van der Waals surface area contributed by atoms with Crippen LogP contribution in [0.1, 0.15) is 145 Å². The van der Waals surface area contributed by atoms with E-state index in [1.807, 2.05) is 27.7 Å². The van der Waals surface area contributed by atoms with Crippen molar-refractivity contribution in [3.63, 3.8) is 0 Å². The Hall–Kier alpha value is -5.02. The van der Waals surface area contributed by atoms with E-state index in [2.05, 4.69) is 28.3 Å². The van der Waals surface area contributed by atoms with Crippen molar-refractivity contribution in [2.75, 3.05) is 6.54 Å². The zero-order valence-corrected chi connectivity index (χ0v) is 48.3. The molecule has 4 amide bonds. The molecule has 0 saturated carbocycles. The molecule has 1 aromatic rings. The Morgan fingerprint density at radius 1 is 0.861 bits per heavy atom. The average Bonchev–Trinajstić information content (AvgIpc) is 3.41. The van der Waals surface area contributed by atoms with E-state index in [1.54, 1.807) is 52.0 Å². The molecule has 2 saturated heterocycles. The number of hydrogen-bond donors (Lipinski definition) is 11. The summed E-state index contributed by atoms with van der Waals surface area (Å²) in [7, 11) is 0.